The van der Waals surface area contributed by atoms with Gasteiger partial charge in [-0.3, -0.25) is 9.59 Å². The second kappa shape index (κ2) is 8.41. The quantitative estimate of drug-likeness (QED) is 0.716. The van der Waals surface area contributed by atoms with Crippen LogP contribution < -0.4 is 0 Å². The van der Waals surface area contributed by atoms with Gasteiger partial charge in [-0.25, -0.2) is 4.79 Å². The second-order valence-electron chi connectivity index (χ2n) is 7.63. The van der Waals surface area contributed by atoms with E-state index in [1.807, 2.05) is 6.07 Å². The van der Waals surface area contributed by atoms with Crippen molar-refractivity contribution in [1.29, 1.82) is 0 Å². The lowest BCUT2D eigenvalue weighted by atomic mass is 9.90. The molecule has 1 atom stereocenters. The van der Waals surface area contributed by atoms with Gasteiger partial charge in [-0.15, -0.1) is 11.3 Å². The van der Waals surface area contributed by atoms with Gasteiger partial charge in [-0.2, -0.15) is 0 Å². The van der Waals surface area contributed by atoms with E-state index in [4.69, 9.17) is 9.15 Å². The molecule has 0 spiro atoms. The smallest absolute Gasteiger partial charge is 0.348 e. The molecule has 0 saturated carbocycles. The summed E-state index contributed by atoms with van der Waals surface area (Å²) in [5.41, 5.74) is 1.24. The van der Waals surface area contributed by atoms with Crippen molar-refractivity contribution in [3.8, 4) is 0 Å². The third-order valence-corrected chi connectivity index (χ3v) is 6.73. The zero-order valence-electron chi connectivity index (χ0n) is 16.4. The molecule has 1 saturated heterocycles. The first-order valence-corrected chi connectivity index (χ1v) is 10.7. The number of nitrogens with zero attached hydrogens (tertiary/aromatic N) is 2. The number of amides is 2. The minimum absolute atomic E-state index is 0.176. The highest BCUT2D eigenvalue weighted by Crippen LogP contribution is 2.32. The number of ether oxygens (including phenoxy) is 1. The van der Waals surface area contributed by atoms with Crippen LogP contribution in [0.5, 0.6) is 0 Å². The Morgan fingerprint density at radius 2 is 1.97 bits per heavy atom. The van der Waals surface area contributed by atoms with Crippen LogP contribution in [0.25, 0.3) is 0 Å². The van der Waals surface area contributed by atoms with Gasteiger partial charge >= 0.3 is 5.97 Å². The van der Waals surface area contributed by atoms with Gasteiger partial charge in [-0.05, 0) is 48.9 Å². The SMILES string of the molecule is CC1CCc2sc(C(=O)OCC(=O)N3CCN(C(=O)c4ccco4)CC3)cc2C1. The lowest BCUT2D eigenvalue weighted by Crippen LogP contribution is -2.51. The zero-order valence-corrected chi connectivity index (χ0v) is 17.2. The van der Waals surface area contributed by atoms with Gasteiger partial charge in [0.2, 0.25) is 0 Å². The van der Waals surface area contributed by atoms with Gasteiger partial charge in [0, 0.05) is 31.1 Å². The van der Waals surface area contributed by atoms with Crippen molar-refractivity contribution < 1.29 is 23.5 Å². The van der Waals surface area contributed by atoms with Crippen molar-refractivity contribution >= 4 is 29.1 Å². The number of thiophene rings is 1. The van der Waals surface area contributed by atoms with Gasteiger partial charge in [0.25, 0.3) is 11.8 Å². The van der Waals surface area contributed by atoms with Crippen LogP contribution in [0.3, 0.4) is 0 Å². The molecule has 2 amide bonds. The van der Waals surface area contributed by atoms with Crippen LogP contribution in [0.1, 0.15) is 44.0 Å². The highest BCUT2D eigenvalue weighted by Gasteiger charge is 2.27. The fourth-order valence-corrected chi connectivity index (χ4v) is 4.91. The number of piperazine rings is 1. The first-order valence-electron chi connectivity index (χ1n) is 9.90. The van der Waals surface area contributed by atoms with Crippen molar-refractivity contribution in [3.05, 3.63) is 45.5 Å². The first kappa shape index (κ1) is 19.7. The molecule has 0 aromatic carbocycles. The monoisotopic (exact) mass is 416 g/mol. The Morgan fingerprint density at radius 1 is 1.21 bits per heavy atom. The molecule has 1 unspecified atom stereocenters. The lowest BCUT2D eigenvalue weighted by molar-refractivity contribution is -0.136. The number of carbonyl (C=O) groups excluding carboxylic acids is 3. The number of fused-ring (bicyclic) bond motifs is 1. The Bertz CT molecular complexity index is 896. The highest BCUT2D eigenvalue weighted by molar-refractivity contribution is 7.14. The summed E-state index contributed by atoms with van der Waals surface area (Å²) >= 11 is 1.48. The fourth-order valence-electron chi connectivity index (χ4n) is 3.81. The first-order chi connectivity index (χ1) is 14.0. The summed E-state index contributed by atoms with van der Waals surface area (Å²) in [6, 6.07) is 5.22. The van der Waals surface area contributed by atoms with Crippen LogP contribution in [0.4, 0.5) is 0 Å². The molecular formula is C21H24N2O5S. The number of carbonyl (C=O) groups is 3. The Balaban J connectivity index is 1.25. The molecule has 8 heteroatoms. The molecule has 0 radical (unpaired) electrons. The van der Waals surface area contributed by atoms with Crippen molar-refractivity contribution in [2.45, 2.75) is 26.2 Å². The molecular weight excluding hydrogens is 392 g/mol. The van der Waals surface area contributed by atoms with Crippen LogP contribution in [0.15, 0.2) is 28.9 Å². The van der Waals surface area contributed by atoms with E-state index >= 15 is 0 Å². The molecule has 29 heavy (non-hydrogen) atoms. The molecule has 2 aromatic heterocycles. The maximum Gasteiger partial charge on any atom is 0.348 e. The van der Waals surface area contributed by atoms with Gasteiger partial charge in [0.15, 0.2) is 12.4 Å². The van der Waals surface area contributed by atoms with Crippen molar-refractivity contribution in [3.63, 3.8) is 0 Å². The van der Waals surface area contributed by atoms with Crippen LogP contribution in [-0.2, 0) is 22.4 Å². The Morgan fingerprint density at radius 3 is 2.69 bits per heavy atom. The minimum Gasteiger partial charge on any atom is -0.459 e. The van der Waals surface area contributed by atoms with Crippen LogP contribution in [0, 0.1) is 5.92 Å². The van der Waals surface area contributed by atoms with Crippen LogP contribution >= 0.6 is 11.3 Å². The molecule has 1 fully saturated rings. The summed E-state index contributed by atoms with van der Waals surface area (Å²) in [4.78, 5) is 42.2. The summed E-state index contributed by atoms with van der Waals surface area (Å²) in [5, 5.41) is 0. The molecule has 3 heterocycles. The Kier molecular flexibility index (Phi) is 5.71. The number of hydrogen-bond acceptors (Lipinski definition) is 6. The predicted molar refractivity (Wildman–Crippen MR) is 107 cm³/mol. The predicted octanol–water partition coefficient (Wildman–Crippen LogP) is 2.61. The topological polar surface area (TPSA) is 80.1 Å². The van der Waals surface area contributed by atoms with E-state index in [1.165, 1.54) is 28.0 Å². The number of furan rings is 1. The van der Waals surface area contributed by atoms with Gasteiger partial charge < -0.3 is 19.0 Å². The average Bonchev–Trinajstić information content (AvgIpc) is 3.41. The fraction of sp³-hybridized carbons (Fsp3) is 0.476. The van der Waals surface area contributed by atoms with Gasteiger partial charge in [-0.1, -0.05) is 6.92 Å². The molecule has 4 rings (SSSR count). The Hall–Kier alpha value is -2.61. The lowest BCUT2D eigenvalue weighted by Gasteiger charge is -2.34. The van der Waals surface area contributed by atoms with Crippen molar-refractivity contribution in [2.24, 2.45) is 5.92 Å². The highest BCUT2D eigenvalue weighted by atomic mass is 32.1. The number of esters is 1. The van der Waals surface area contributed by atoms with E-state index < -0.39 is 5.97 Å². The third-order valence-electron chi connectivity index (χ3n) is 5.51. The van der Waals surface area contributed by atoms with E-state index in [2.05, 4.69) is 6.92 Å². The van der Waals surface area contributed by atoms with Gasteiger partial charge in [0.1, 0.15) is 4.88 Å². The molecule has 7 nitrogen and oxygen atoms in total. The number of rotatable bonds is 4. The van der Waals surface area contributed by atoms with E-state index in [9.17, 15) is 14.4 Å². The van der Waals surface area contributed by atoms with Crippen molar-refractivity contribution in [1.82, 2.24) is 9.80 Å². The summed E-state index contributed by atoms with van der Waals surface area (Å²) in [5.74, 6) is 0.0903. The molecule has 154 valence electrons. The van der Waals surface area contributed by atoms with E-state index in [-0.39, 0.29) is 18.4 Å². The van der Waals surface area contributed by atoms with E-state index in [0.717, 1.165) is 19.3 Å². The molecule has 0 N–H and O–H groups in total. The van der Waals surface area contributed by atoms with E-state index in [0.29, 0.717) is 42.7 Å². The second-order valence-corrected chi connectivity index (χ2v) is 8.77. The maximum absolute atomic E-state index is 12.4. The van der Waals surface area contributed by atoms with Crippen LogP contribution in [-0.4, -0.2) is 60.4 Å². The summed E-state index contributed by atoms with van der Waals surface area (Å²) < 4.78 is 10.4. The normalized spacial score (nSPS) is 19.0. The van der Waals surface area contributed by atoms with Crippen molar-refractivity contribution in [2.75, 3.05) is 32.8 Å². The minimum atomic E-state index is -0.433. The zero-order chi connectivity index (χ0) is 20.4. The molecule has 2 aliphatic rings. The van der Waals surface area contributed by atoms with E-state index in [1.54, 1.807) is 21.9 Å². The maximum atomic E-state index is 12.4. The molecule has 0 bridgehead atoms. The molecule has 2 aromatic rings. The van der Waals surface area contributed by atoms with Crippen LogP contribution in [0.2, 0.25) is 0 Å². The molecule has 1 aliphatic heterocycles. The summed E-state index contributed by atoms with van der Waals surface area (Å²) in [6.45, 7) is 3.62. The standard InChI is InChI=1S/C21H24N2O5S/c1-14-4-5-17-15(11-14)12-18(29-17)21(26)28-13-19(24)22-6-8-23(9-7-22)20(25)16-3-2-10-27-16/h2-3,10,12,14H,4-9,11,13H2,1H3. The average molecular weight is 416 g/mol. The Labute approximate surface area is 173 Å². The van der Waals surface area contributed by atoms with Gasteiger partial charge in [0.05, 0.1) is 6.26 Å². The third kappa shape index (κ3) is 4.37. The number of hydrogen-bond donors (Lipinski definition) is 0. The summed E-state index contributed by atoms with van der Waals surface area (Å²) in [7, 11) is 0. The number of aryl methyl sites for hydroxylation is 1. The summed E-state index contributed by atoms with van der Waals surface area (Å²) in [6.07, 6.45) is 4.62. The largest absolute Gasteiger partial charge is 0.459 e. The molecule has 1 aliphatic carbocycles.